The van der Waals surface area contributed by atoms with Gasteiger partial charge in [-0.3, -0.25) is 4.79 Å². The Morgan fingerprint density at radius 1 is 1.29 bits per heavy atom. The molecule has 0 bridgehead atoms. The fourth-order valence-corrected chi connectivity index (χ4v) is 4.12. The molecule has 1 atom stereocenters. The van der Waals surface area contributed by atoms with Crippen molar-refractivity contribution in [2.75, 3.05) is 12.4 Å². The van der Waals surface area contributed by atoms with Gasteiger partial charge in [-0.1, -0.05) is 23.9 Å². The first-order valence-electron chi connectivity index (χ1n) is 8.80. The number of thiazole rings is 1. The molecule has 0 radical (unpaired) electrons. The number of benzene rings is 1. The van der Waals surface area contributed by atoms with Crippen molar-refractivity contribution in [3.8, 4) is 5.75 Å². The van der Waals surface area contributed by atoms with E-state index in [1.54, 1.807) is 7.11 Å². The molecular formula is C19H23N5O2S2. The molecule has 0 saturated carbocycles. The fraction of sp³-hybridized carbons (Fsp3) is 0.368. The minimum atomic E-state index is -0.318. The maximum Gasteiger partial charge on any atom is 0.239 e. The molecule has 2 aromatic heterocycles. The number of nitrogens with one attached hydrogen (secondary N) is 1. The van der Waals surface area contributed by atoms with Crippen LogP contribution in [-0.2, 0) is 18.3 Å². The molecule has 1 unspecified atom stereocenters. The van der Waals surface area contributed by atoms with Gasteiger partial charge >= 0.3 is 0 Å². The van der Waals surface area contributed by atoms with E-state index < -0.39 is 0 Å². The van der Waals surface area contributed by atoms with E-state index in [0.717, 1.165) is 27.7 Å². The van der Waals surface area contributed by atoms with Gasteiger partial charge in [0.1, 0.15) is 11.6 Å². The smallest absolute Gasteiger partial charge is 0.239 e. The quantitative estimate of drug-likeness (QED) is 0.592. The first-order chi connectivity index (χ1) is 13.4. The summed E-state index contributed by atoms with van der Waals surface area (Å²) >= 11 is 2.86. The van der Waals surface area contributed by atoms with Crippen molar-refractivity contribution in [3.05, 3.63) is 46.2 Å². The molecule has 1 aromatic carbocycles. The maximum absolute atomic E-state index is 12.5. The highest BCUT2D eigenvalue weighted by molar-refractivity contribution is 8.00. The first kappa shape index (κ1) is 20.3. The van der Waals surface area contributed by atoms with Gasteiger partial charge in [-0.15, -0.1) is 21.5 Å². The molecule has 7 nitrogen and oxygen atoms in total. The first-order valence-corrected chi connectivity index (χ1v) is 10.5. The van der Waals surface area contributed by atoms with Crippen LogP contribution in [0.1, 0.15) is 28.9 Å². The van der Waals surface area contributed by atoms with Gasteiger partial charge in [0.2, 0.25) is 5.91 Å². The van der Waals surface area contributed by atoms with Gasteiger partial charge in [0.05, 0.1) is 18.1 Å². The third-order valence-corrected chi connectivity index (χ3v) is 6.48. The van der Waals surface area contributed by atoms with Gasteiger partial charge in [-0.2, -0.15) is 0 Å². The molecule has 0 aliphatic rings. The number of carbonyl (C=O) groups is 1. The zero-order chi connectivity index (χ0) is 20.3. The van der Waals surface area contributed by atoms with Crippen molar-refractivity contribution in [1.82, 2.24) is 19.7 Å². The van der Waals surface area contributed by atoms with Gasteiger partial charge in [0.25, 0.3) is 0 Å². The highest BCUT2D eigenvalue weighted by atomic mass is 32.2. The van der Waals surface area contributed by atoms with Crippen molar-refractivity contribution < 1.29 is 9.53 Å². The van der Waals surface area contributed by atoms with Crippen molar-refractivity contribution in [1.29, 1.82) is 0 Å². The minimum Gasteiger partial charge on any atom is -0.497 e. The van der Waals surface area contributed by atoms with Crippen LogP contribution in [-0.4, -0.2) is 38.0 Å². The Morgan fingerprint density at radius 2 is 2.00 bits per heavy atom. The van der Waals surface area contributed by atoms with Crippen LogP contribution in [0.15, 0.2) is 29.4 Å². The molecule has 2 heterocycles. The van der Waals surface area contributed by atoms with Gasteiger partial charge in [0, 0.05) is 18.3 Å². The maximum atomic E-state index is 12.5. The van der Waals surface area contributed by atoms with Crippen molar-refractivity contribution in [3.63, 3.8) is 0 Å². The Bertz CT molecular complexity index is 946. The van der Waals surface area contributed by atoms with E-state index in [4.69, 9.17) is 4.74 Å². The number of methoxy groups -OCH3 is 1. The summed E-state index contributed by atoms with van der Waals surface area (Å²) < 4.78 is 7.11. The molecule has 1 amide bonds. The molecule has 0 fully saturated rings. The third-order valence-electron chi connectivity index (χ3n) is 4.36. The van der Waals surface area contributed by atoms with Crippen LogP contribution in [0.5, 0.6) is 5.75 Å². The summed E-state index contributed by atoms with van der Waals surface area (Å²) in [6.45, 7) is 5.78. The van der Waals surface area contributed by atoms with Crippen molar-refractivity contribution in [2.45, 2.75) is 37.6 Å². The summed E-state index contributed by atoms with van der Waals surface area (Å²) in [7, 11) is 3.56. The van der Waals surface area contributed by atoms with E-state index in [9.17, 15) is 4.79 Å². The van der Waals surface area contributed by atoms with Crippen LogP contribution in [0.4, 0.5) is 5.13 Å². The van der Waals surface area contributed by atoms with Crippen LogP contribution >= 0.6 is 23.1 Å². The Labute approximate surface area is 172 Å². The zero-order valence-electron chi connectivity index (χ0n) is 16.5. The number of hydrogen-bond acceptors (Lipinski definition) is 7. The van der Waals surface area contributed by atoms with Crippen LogP contribution in [0.2, 0.25) is 0 Å². The highest BCUT2D eigenvalue weighted by Crippen LogP contribution is 2.26. The molecule has 1 N–H and O–H groups in total. The summed E-state index contributed by atoms with van der Waals surface area (Å²) in [6.07, 6.45) is 0.659. The summed E-state index contributed by atoms with van der Waals surface area (Å²) in [4.78, 5) is 17.9. The molecule has 3 rings (SSSR count). The zero-order valence-corrected chi connectivity index (χ0v) is 18.1. The van der Waals surface area contributed by atoms with Crippen LogP contribution in [0, 0.1) is 13.8 Å². The second-order valence-electron chi connectivity index (χ2n) is 6.39. The lowest BCUT2D eigenvalue weighted by molar-refractivity contribution is -0.115. The number of anilines is 1. The summed E-state index contributed by atoms with van der Waals surface area (Å²) in [6, 6.07) is 7.87. The predicted molar refractivity (Wildman–Crippen MR) is 112 cm³/mol. The van der Waals surface area contributed by atoms with Gasteiger partial charge in [0.15, 0.2) is 10.3 Å². The number of carbonyl (C=O) groups excluding carboxylic acids is 1. The average Bonchev–Trinajstić information content (AvgIpc) is 3.18. The second kappa shape index (κ2) is 8.74. The molecule has 0 saturated heterocycles. The normalized spacial score (nSPS) is 12.0. The molecule has 0 aliphatic heterocycles. The van der Waals surface area contributed by atoms with Crippen molar-refractivity contribution >= 4 is 34.1 Å². The summed E-state index contributed by atoms with van der Waals surface area (Å²) in [5.74, 6) is 1.56. The van der Waals surface area contributed by atoms with Gasteiger partial charge < -0.3 is 14.6 Å². The lowest BCUT2D eigenvalue weighted by Gasteiger charge is -2.10. The third kappa shape index (κ3) is 4.71. The monoisotopic (exact) mass is 417 g/mol. The second-order valence-corrected chi connectivity index (χ2v) is 8.90. The van der Waals surface area contributed by atoms with Crippen LogP contribution in [0.3, 0.4) is 0 Å². The van der Waals surface area contributed by atoms with Crippen molar-refractivity contribution in [2.24, 2.45) is 7.05 Å². The van der Waals surface area contributed by atoms with E-state index in [0.29, 0.717) is 16.7 Å². The van der Waals surface area contributed by atoms with Crippen LogP contribution in [0.25, 0.3) is 0 Å². The standard InChI is InChI=1S/C19H23N5O2S2/c1-11-12(2)27-18(20-11)21-17(25)13(3)28-19-23-22-16(24(19)4)10-14-6-8-15(26-5)9-7-14/h6-9,13H,10H2,1-5H3,(H,20,21,25). The summed E-state index contributed by atoms with van der Waals surface area (Å²) in [5, 5.41) is 12.4. The number of aryl methyl sites for hydroxylation is 2. The largest absolute Gasteiger partial charge is 0.497 e. The number of rotatable bonds is 7. The molecule has 148 valence electrons. The molecular weight excluding hydrogens is 394 g/mol. The average molecular weight is 418 g/mol. The topological polar surface area (TPSA) is 81.9 Å². The van der Waals surface area contributed by atoms with Crippen LogP contribution < -0.4 is 10.1 Å². The predicted octanol–water partition coefficient (Wildman–Crippen LogP) is 3.61. The number of aromatic nitrogens is 4. The SMILES string of the molecule is COc1ccc(Cc2nnc(SC(C)C(=O)Nc3nc(C)c(C)s3)n2C)cc1. The minimum absolute atomic E-state index is 0.0987. The number of ether oxygens (including phenoxy) is 1. The summed E-state index contributed by atoms with van der Waals surface area (Å²) in [5.41, 5.74) is 2.06. The molecule has 0 spiro atoms. The van der Waals surface area contributed by atoms with E-state index in [1.807, 2.05) is 56.7 Å². The number of thioether (sulfide) groups is 1. The van der Waals surface area contributed by atoms with Gasteiger partial charge in [-0.05, 0) is 38.5 Å². The lowest BCUT2D eigenvalue weighted by Crippen LogP contribution is -2.22. The van der Waals surface area contributed by atoms with Gasteiger partial charge in [-0.25, -0.2) is 4.98 Å². The molecule has 9 heteroatoms. The molecule has 3 aromatic rings. The molecule has 0 aliphatic carbocycles. The van der Waals surface area contributed by atoms with E-state index in [-0.39, 0.29) is 11.2 Å². The lowest BCUT2D eigenvalue weighted by atomic mass is 10.1. The highest BCUT2D eigenvalue weighted by Gasteiger charge is 2.20. The fourth-order valence-electron chi connectivity index (χ4n) is 2.47. The number of nitrogens with zero attached hydrogens (tertiary/aromatic N) is 4. The Kier molecular flexibility index (Phi) is 6.35. The Balaban J connectivity index is 1.63. The number of hydrogen-bond donors (Lipinski definition) is 1. The Hall–Kier alpha value is -2.39. The van der Waals surface area contributed by atoms with E-state index >= 15 is 0 Å². The Morgan fingerprint density at radius 3 is 2.61 bits per heavy atom. The molecule has 28 heavy (non-hydrogen) atoms. The number of amides is 1. The van der Waals surface area contributed by atoms with E-state index in [1.165, 1.54) is 23.1 Å². The van der Waals surface area contributed by atoms with E-state index in [2.05, 4.69) is 20.5 Å².